The van der Waals surface area contributed by atoms with Crippen LogP contribution in [-0.4, -0.2) is 33.5 Å². The minimum atomic E-state index is -0.122. The largest absolute Gasteiger partial charge is 0.461 e. The zero-order valence-corrected chi connectivity index (χ0v) is 14.7. The van der Waals surface area contributed by atoms with Gasteiger partial charge in [0.1, 0.15) is 0 Å². The molecule has 1 saturated heterocycles. The van der Waals surface area contributed by atoms with Gasteiger partial charge in [-0.15, -0.1) is 0 Å². The number of aromatic nitrogens is 2. The van der Waals surface area contributed by atoms with Crippen molar-refractivity contribution in [3.05, 3.63) is 66.5 Å². The molecule has 2 atom stereocenters. The van der Waals surface area contributed by atoms with Gasteiger partial charge in [0, 0.05) is 31.9 Å². The van der Waals surface area contributed by atoms with Crippen molar-refractivity contribution in [1.82, 2.24) is 14.5 Å². The molecular weight excluding hydrogens is 326 g/mol. The molecular formula is C20H21N5O. The van der Waals surface area contributed by atoms with Crippen LogP contribution in [0.1, 0.15) is 30.2 Å². The smallest absolute Gasteiger partial charge is 0.184 e. The second-order valence-electron chi connectivity index (χ2n) is 6.87. The van der Waals surface area contributed by atoms with Crippen molar-refractivity contribution in [3.63, 3.8) is 0 Å². The van der Waals surface area contributed by atoms with E-state index in [1.807, 2.05) is 36.4 Å². The number of aryl methyl sites for hydroxylation is 1. The number of rotatable bonds is 3. The number of nitrogens with zero attached hydrogens (tertiary/aromatic N) is 5. The number of furan rings is 1. The Morgan fingerprint density at radius 1 is 1.15 bits per heavy atom. The molecule has 2 aromatic heterocycles. The lowest BCUT2D eigenvalue weighted by Gasteiger charge is -2.39. The van der Waals surface area contributed by atoms with Gasteiger partial charge in [0.15, 0.2) is 17.9 Å². The van der Waals surface area contributed by atoms with Gasteiger partial charge in [-0.3, -0.25) is 9.80 Å². The third-order valence-electron chi connectivity index (χ3n) is 5.20. The standard InChI is InChI=1S/C20H21N5O/c1-23-13-19(22-14-23)25-17-9-11-26-18(17)12-21-20(25)24-10-5-8-16(24)15-6-3-2-4-7-15/h2-4,6-7,9,11-14,16,20H,5,8,10H2,1H3. The van der Waals surface area contributed by atoms with Gasteiger partial charge in [-0.1, -0.05) is 30.3 Å². The topological polar surface area (TPSA) is 49.8 Å². The minimum absolute atomic E-state index is 0.122. The number of imidazole rings is 1. The molecule has 0 amide bonds. The number of fused-ring (bicyclic) bond motifs is 1. The van der Waals surface area contributed by atoms with E-state index in [4.69, 9.17) is 9.41 Å². The summed E-state index contributed by atoms with van der Waals surface area (Å²) in [5, 5.41) is 0. The first kappa shape index (κ1) is 15.4. The van der Waals surface area contributed by atoms with E-state index in [1.165, 1.54) is 12.0 Å². The van der Waals surface area contributed by atoms with E-state index in [1.54, 1.807) is 6.26 Å². The van der Waals surface area contributed by atoms with Crippen LogP contribution in [0.2, 0.25) is 0 Å². The molecule has 1 fully saturated rings. The van der Waals surface area contributed by atoms with Crippen LogP contribution in [0.5, 0.6) is 0 Å². The Balaban J connectivity index is 1.56. The van der Waals surface area contributed by atoms with Crippen molar-refractivity contribution >= 4 is 17.7 Å². The second-order valence-corrected chi connectivity index (χ2v) is 6.87. The van der Waals surface area contributed by atoms with Crippen LogP contribution in [0, 0.1) is 0 Å². The van der Waals surface area contributed by atoms with Crippen LogP contribution in [0.25, 0.3) is 0 Å². The number of hydrogen-bond donors (Lipinski definition) is 0. The minimum Gasteiger partial charge on any atom is -0.461 e. The molecule has 0 aliphatic carbocycles. The van der Waals surface area contributed by atoms with E-state index >= 15 is 0 Å². The van der Waals surface area contributed by atoms with Crippen LogP contribution >= 0.6 is 0 Å². The molecule has 1 aromatic carbocycles. The zero-order valence-electron chi connectivity index (χ0n) is 14.7. The van der Waals surface area contributed by atoms with Gasteiger partial charge in [-0.25, -0.2) is 9.98 Å². The second kappa shape index (κ2) is 6.14. The summed E-state index contributed by atoms with van der Waals surface area (Å²) in [6.45, 7) is 1.01. The number of hydrogen-bond acceptors (Lipinski definition) is 5. The first-order chi connectivity index (χ1) is 12.8. The van der Waals surface area contributed by atoms with Gasteiger partial charge in [0.2, 0.25) is 0 Å². The van der Waals surface area contributed by atoms with Crippen molar-refractivity contribution in [2.24, 2.45) is 12.0 Å². The van der Waals surface area contributed by atoms with Gasteiger partial charge in [-0.2, -0.15) is 0 Å². The van der Waals surface area contributed by atoms with Crippen molar-refractivity contribution < 1.29 is 4.42 Å². The normalized spacial score (nSPS) is 22.7. The molecule has 4 heterocycles. The maximum absolute atomic E-state index is 5.59. The molecule has 3 aromatic rings. The predicted octanol–water partition coefficient (Wildman–Crippen LogP) is 3.70. The molecule has 0 spiro atoms. The quantitative estimate of drug-likeness (QED) is 0.725. The fourth-order valence-electron chi connectivity index (χ4n) is 4.03. The van der Waals surface area contributed by atoms with E-state index < -0.39 is 0 Å². The highest BCUT2D eigenvalue weighted by atomic mass is 16.3. The number of likely N-dealkylation sites (tertiary alicyclic amines) is 1. The van der Waals surface area contributed by atoms with Crippen molar-refractivity contribution in [1.29, 1.82) is 0 Å². The number of anilines is 2. The highest BCUT2D eigenvalue weighted by Crippen LogP contribution is 2.40. The van der Waals surface area contributed by atoms with Gasteiger partial charge < -0.3 is 8.98 Å². The van der Waals surface area contributed by atoms with Crippen molar-refractivity contribution in [2.75, 3.05) is 11.4 Å². The Kier molecular flexibility index (Phi) is 3.64. The Morgan fingerprint density at radius 3 is 2.85 bits per heavy atom. The van der Waals surface area contributed by atoms with Gasteiger partial charge in [0.05, 0.1) is 24.5 Å². The predicted molar refractivity (Wildman–Crippen MR) is 101 cm³/mol. The first-order valence-corrected chi connectivity index (χ1v) is 9.00. The molecule has 0 N–H and O–H groups in total. The Hall–Kier alpha value is -2.86. The fourth-order valence-corrected chi connectivity index (χ4v) is 4.03. The number of benzene rings is 1. The van der Waals surface area contributed by atoms with Crippen LogP contribution < -0.4 is 4.90 Å². The number of aliphatic imine (C=N–C) groups is 1. The molecule has 6 nitrogen and oxygen atoms in total. The van der Waals surface area contributed by atoms with Gasteiger partial charge in [-0.05, 0) is 18.4 Å². The summed E-state index contributed by atoms with van der Waals surface area (Å²) in [6.07, 6.45) is 9.60. The molecule has 0 radical (unpaired) electrons. The summed E-state index contributed by atoms with van der Waals surface area (Å²) in [6, 6.07) is 13.1. The lowest BCUT2D eigenvalue weighted by atomic mass is 10.0. The monoisotopic (exact) mass is 347 g/mol. The third kappa shape index (κ3) is 2.45. The summed E-state index contributed by atoms with van der Waals surface area (Å²) in [7, 11) is 1.98. The Morgan fingerprint density at radius 2 is 2.04 bits per heavy atom. The van der Waals surface area contributed by atoms with Crippen LogP contribution in [0.3, 0.4) is 0 Å². The Labute approximate surface area is 152 Å². The SMILES string of the molecule is Cn1cnc(N2c3ccoc3C=NC2N2CCCC2c2ccccc2)c1. The maximum atomic E-state index is 5.59. The lowest BCUT2D eigenvalue weighted by Crippen LogP contribution is -2.46. The van der Waals surface area contributed by atoms with E-state index in [-0.39, 0.29) is 6.29 Å². The molecule has 2 aliphatic rings. The molecule has 2 aliphatic heterocycles. The molecule has 132 valence electrons. The van der Waals surface area contributed by atoms with E-state index in [2.05, 4.69) is 45.1 Å². The fraction of sp³-hybridized carbons (Fsp3) is 0.300. The lowest BCUT2D eigenvalue weighted by molar-refractivity contribution is 0.187. The summed E-state index contributed by atoms with van der Waals surface area (Å²) >= 11 is 0. The van der Waals surface area contributed by atoms with Gasteiger partial charge in [0.25, 0.3) is 0 Å². The summed E-state index contributed by atoms with van der Waals surface area (Å²) in [5.41, 5.74) is 2.36. The summed E-state index contributed by atoms with van der Waals surface area (Å²) in [4.78, 5) is 14.1. The van der Waals surface area contributed by atoms with Crippen LogP contribution in [0.15, 0.2) is 64.6 Å². The maximum Gasteiger partial charge on any atom is 0.184 e. The van der Waals surface area contributed by atoms with E-state index in [0.29, 0.717) is 6.04 Å². The molecule has 0 saturated carbocycles. The zero-order chi connectivity index (χ0) is 17.5. The van der Waals surface area contributed by atoms with Crippen molar-refractivity contribution in [3.8, 4) is 0 Å². The first-order valence-electron chi connectivity index (χ1n) is 9.00. The van der Waals surface area contributed by atoms with E-state index in [0.717, 1.165) is 30.2 Å². The van der Waals surface area contributed by atoms with Crippen molar-refractivity contribution in [2.45, 2.75) is 25.2 Å². The van der Waals surface area contributed by atoms with Gasteiger partial charge >= 0.3 is 0 Å². The highest BCUT2D eigenvalue weighted by Gasteiger charge is 2.38. The molecule has 6 heteroatoms. The van der Waals surface area contributed by atoms with E-state index in [9.17, 15) is 0 Å². The average molecular weight is 347 g/mol. The summed E-state index contributed by atoms with van der Waals surface area (Å²) < 4.78 is 7.55. The summed E-state index contributed by atoms with van der Waals surface area (Å²) in [5.74, 6) is 1.66. The Bertz CT molecular complexity index is 929. The molecule has 5 rings (SSSR count). The average Bonchev–Trinajstić information content (AvgIpc) is 3.41. The van der Waals surface area contributed by atoms with Crippen LogP contribution in [-0.2, 0) is 7.05 Å². The third-order valence-corrected chi connectivity index (χ3v) is 5.20. The highest BCUT2D eigenvalue weighted by molar-refractivity contribution is 5.88. The molecule has 2 unspecified atom stereocenters. The van der Waals surface area contributed by atoms with Crippen LogP contribution in [0.4, 0.5) is 11.5 Å². The molecule has 26 heavy (non-hydrogen) atoms. The molecule has 0 bridgehead atoms.